The highest BCUT2D eigenvalue weighted by molar-refractivity contribution is 5.58. The fourth-order valence-corrected chi connectivity index (χ4v) is 3.60. The molecule has 1 saturated heterocycles. The van der Waals surface area contributed by atoms with Crippen LogP contribution in [-0.2, 0) is 16.0 Å². The third-order valence-corrected chi connectivity index (χ3v) is 5.20. The van der Waals surface area contributed by atoms with Gasteiger partial charge in [0.2, 0.25) is 0 Å². The van der Waals surface area contributed by atoms with E-state index in [1.807, 2.05) is 18.6 Å². The van der Waals surface area contributed by atoms with Crippen LogP contribution in [0.3, 0.4) is 0 Å². The molecule has 6 nitrogen and oxygen atoms in total. The zero-order valence-electron chi connectivity index (χ0n) is 16.2. The van der Waals surface area contributed by atoms with Gasteiger partial charge in [0.1, 0.15) is 5.82 Å². The molecule has 3 aromatic rings. The van der Waals surface area contributed by atoms with Crippen LogP contribution < -0.4 is 0 Å². The smallest absolute Gasteiger partial charge is 0.290 e. The number of hydrogen-bond acceptors (Lipinski definition) is 4. The molecule has 0 unspecified atom stereocenters. The maximum absolute atomic E-state index is 8.36. The standard InChI is InChI=1S/C21H23N3O.CH2O2/c1-15-3-4-18(11-16(15)2)21-23-9-10-24(21)20-14-25-13-19(20)12-17-5-7-22-8-6-17;2-1-3/h3-11,19-20H,12-14H2,1-2H3;1H,(H,2,3)/t19-,20-;/m1./s1. The minimum atomic E-state index is -0.250. The molecule has 0 bridgehead atoms. The summed E-state index contributed by atoms with van der Waals surface area (Å²) in [7, 11) is 0. The molecular formula is C22H25N3O3. The molecule has 28 heavy (non-hydrogen) atoms. The van der Waals surface area contributed by atoms with Crippen LogP contribution in [0.2, 0.25) is 0 Å². The summed E-state index contributed by atoms with van der Waals surface area (Å²) < 4.78 is 8.13. The molecule has 4 rings (SSSR count). The van der Waals surface area contributed by atoms with Crippen LogP contribution in [0.1, 0.15) is 22.7 Å². The summed E-state index contributed by atoms with van der Waals surface area (Å²) in [6.07, 6.45) is 8.70. The molecule has 0 radical (unpaired) electrons. The highest BCUT2D eigenvalue weighted by atomic mass is 16.5. The summed E-state index contributed by atoms with van der Waals surface area (Å²) in [4.78, 5) is 17.1. The molecule has 0 aliphatic carbocycles. The fourth-order valence-electron chi connectivity index (χ4n) is 3.60. The number of carbonyl (C=O) groups is 1. The molecule has 6 heteroatoms. The van der Waals surface area contributed by atoms with E-state index < -0.39 is 0 Å². The van der Waals surface area contributed by atoms with Gasteiger partial charge in [-0.15, -0.1) is 0 Å². The number of rotatable bonds is 4. The van der Waals surface area contributed by atoms with E-state index in [1.165, 1.54) is 22.3 Å². The molecule has 0 spiro atoms. The number of imidazole rings is 1. The Bertz CT molecular complexity index is 908. The van der Waals surface area contributed by atoms with Crippen molar-refractivity contribution < 1.29 is 14.6 Å². The Morgan fingerprint density at radius 2 is 1.89 bits per heavy atom. The SMILES string of the molecule is Cc1ccc(-c2nccn2[C@@H]2COC[C@H]2Cc2ccncc2)cc1C.O=CO. The topological polar surface area (TPSA) is 77.2 Å². The van der Waals surface area contributed by atoms with Crippen molar-refractivity contribution in [2.24, 2.45) is 5.92 Å². The third kappa shape index (κ3) is 4.46. The number of pyridine rings is 1. The zero-order chi connectivity index (χ0) is 19.9. The molecule has 0 amide bonds. The molecule has 1 aliphatic rings. The van der Waals surface area contributed by atoms with E-state index in [2.05, 4.69) is 64.9 Å². The second-order valence-electron chi connectivity index (χ2n) is 6.99. The van der Waals surface area contributed by atoms with Gasteiger partial charge in [-0.05, 0) is 55.2 Å². The number of ether oxygens (including phenoxy) is 1. The number of benzene rings is 1. The number of carboxylic acid groups (broad SMARTS) is 1. The summed E-state index contributed by atoms with van der Waals surface area (Å²) in [6, 6.07) is 11.0. The lowest BCUT2D eigenvalue weighted by molar-refractivity contribution is -0.122. The van der Waals surface area contributed by atoms with Crippen molar-refractivity contribution >= 4 is 6.47 Å². The van der Waals surface area contributed by atoms with Gasteiger partial charge in [0, 0.05) is 36.3 Å². The average molecular weight is 379 g/mol. The first-order valence-electron chi connectivity index (χ1n) is 9.29. The summed E-state index contributed by atoms with van der Waals surface area (Å²) in [5, 5.41) is 6.89. The lowest BCUT2D eigenvalue weighted by Crippen LogP contribution is -2.20. The third-order valence-electron chi connectivity index (χ3n) is 5.20. The quantitative estimate of drug-likeness (QED) is 0.700. The van der Waals surface area contributed by atoms with Crippen molar-refractivity contribution in [1.29, 1.82) is 0 Å². The van der Waals surface area contributed by atoms with Gasteiger partial charge in [-0.3, -0.25) is 9.78 Å². The monoisotopic (exact) mass is 379 g/mol. The molecule has 1 fully saturated rings. The van der Waals surface area contributed by atoms with Gasteiger partial charge in [-0.25, -0.2) is 4.98 Å². The molecule has 1 N–H and O–H groups in total. The Morgan fingerprint density at radius 1 is 1.14 bits per heavy atom. The number of aromatic nitrogens is 3. The summed E-state index contributed by atoms with van der Waals surface area (Å²) in [6.45, 7) is 5.57. The van der Waals surface area contributed by atoms with Crippen LogP contribution in [0.25, 0.3) is 11.4 Å². The van der Waals surface area contributed by atoms with E-state index in [0.717, 1.165) is 25.5 Å². The first-order chi connectivity index (χ1) is 13.6. The van der Waals surface area contributed by atoms with Crippen molar-refractivity contribution in [2.45, 2.75) is 26.3 Å². The van der Waals surface area contributed by atoms with Crippen molar-refractivity contribution in [3.8, 4) is 11.4 Å². The molecule has 0 saturated carbocycles. The minimum Gasteiger partial charge on any atom is -0.483 e. The van der Waals surface area contributed by atoms with E-state index in [0.29, 0.717) is 12.0 Å². The van der Waals surface area contributed by atoms with Gasteiger partial charge >= 0.3 is 0 Å². The van der Waals surface area contributed by atoms with E-state index in [-0.39, 0.29) is 6.47 Å². The van der Waals surface area contributed by atoms with Crippen LogP contribution in [-0.4, -0.2) is 39.3 Å². The van der Waals surface area contributed by atoms with Gasteiger partial charge in [-0.2, -0.15) is 0 Å². The maximum Gasteiger partial charge on any atom is 0.290 e. The largest absolute Gasteiger partial charge is 0.483 e. The van der Waals surface area contributed by atoms with E-state index in [9.17, 15) is 0 Å². The van der Waals surface area contributed by atoms with E-state index >= 15 is 0 Å². The highest BCUT2D eigenvalue weighted by Crippen LogP contribution is 2.33. The number of nitrogens with zero attached hydrogens (tertiary/aromatic N) is 3. The Kier molecular flexibility index (Phi) is 6.55. The predicted octanol–water partition coefficient (Wildman–Crippen LogP) is 3.69. The predicted molar refractivity (Wildman–Crippen MR) is 107 cm³/mol. The van der Waals surface area contributed by atoms with Gasteiger partial charge < -0.3 is 14.4 Å². The average Bonchev–Trinajstić information content (AvgIpc) is 3.34. The Labute approximate surface area is 164 Å². The van der Waals surface area contributed by atoms with Crippen molar-refractivity contribution in [3.05, 3.63) is 71.8 Å². The summed E-state index contributed by atoms with van der Waals surface area (Å²) >= 11 is 0. The molecule has 2 atom stereocenters. The second-order valence-corrected chi connectivity index (χ2v) is 6.99. The van der Waals surface area contributed by atoms with Crippen LogP contribution in [0.15, 0.2) is 55.1 Å². The van der Waals surface area contributed by atoms with Gasteiger partial charge in [0.25, 0.3) is 6.47 Å². The van der Waals surface area contributed by atoms with Crippen LogP contribution in [0.5, 0.6) is 0 Å². The first kappa shape index (κ1) is 19.8. The minimum absolute atomic E-state index is 0.250. The van der Waals surface area contributed by atoms with E-state index in [1.54, 1.807) is 0 Å². The summed E-state index contributed by atoms with van der Waals surface area (Å²) in [5.41, 5.74) is 5.08. The lowest BCUT2D eigenvalue weighted by Gasteiger charge is -2.21. The van der Waals surface area contributed by atoms with Crippen molar-refractivity contribution in [3.63, 3.8) is 0 Å². The number of hydrogen-bond donors (Lipinski definition) is 1. The maximum atomic E-state index is 8.36. The molecule has 1 aromatic carbocycles. The highest BCUT2D eigenvalue weighted by Gasteiger charge is 2.31. The Balaban J connectivity index is 0.000000706. The second kappa shape index (κ2) is 9.28. The normalized spacial score (nSPS) is 18.4. The molecule has 1 aliphatic heterocycles. The van der Waals surface area contributed by atoms with Crippen LogP contribution >= 0.6 is 0 Å². The molecular weight excluding hydrogens is 354 g/mol. The van der Waals surface area contributed by atoms with E-state index in [4.69, 9.17) is 14.6 Å². The molecule has 2 aromatic heterocycles. The van der Waals surface area contributed by atoms with Gasteiger partial charge in [0.15, 0.2) is 0 Å². The van der Waals surface area contributed by atoms with Gasteiger partial charge in [0.05, 0.1) is 19.3 Å². The Morgan fingerprint density at radius 3 is 2.61 bits per heavy atom. The number of aryl methyl sites for hydroxylation is 2. The zero-order valence-corrected chi connectivity index (χ0v) is 16.2. The van der Waals surface area contributed by atoms with Crippen molar-refractivity contribution in [2.75, 3.05) is 13.2 Å². The van der Waals surface area contributed by atoms with Gasteiger partial charge in [-0.1, -0.05) is 12.1 Å². The van der Waals surface area contributed by atoms with Crippen LogP contribution in [0, 0.1) is 19.8 Å². The summed E-state index contributed by atoms with van der Waals surface area (Å²) in [5.74, 6) is 1.47. The lowest BCUT2D eigenvalue weighted by atomic mass is 9.95. The first-order valence-corrected chi connectivity index (χ1v) is 9.29. The van der Waals surface area contributed by atoms with Crippen molar-refractivity contribution in [1.82, 2.24) is 14.5 Å². The Hall–Kier alpha value is -2.99. The molecule has 3 heterocycles. The fraction of sp³-hybridized carbons (Fsp3) is 0.318. The molecule has 146 valence electrons. The van der Waals surface area contributed by atoms with Crippen LogP contribution in [0.4, 0.5) is 0 Å².